The molecule has 0 fully saturated rings. The van der Waals surface area contributed by atoms with E-state index in [-0.39, 0.29) is 5.97 Å². The Morgan fingerprint density at radius 3 is 2.41 bits per heavy atom. The number of hydrogen-bond donors (Lipinski definition) is 0. The molecule has 0 bridgehead atoms. The van der Waals surface area contributed by atoms with Gasteiger partial charge in [0.1, 0.15) is 6.61 Å². The maximum Gasteiger partial charge on any atom is 0.302 e. The maximum atomic E-state index is 10.7. The van der Waals surface area contributed by atoms with Crippen LogP contribution in [-0.2, 0) is 16.0 Å². The SMILES string of the molecule is CCCc1ccc(/C=C(\C)COC(C)=O)cc1. The molecule has 0 heterocycles. The molecule has 0 radical (unpaired) electrons. The van der Waals surface area contributed by atoms with Crippen LogP contribution in [0.4, 0.5) is 0 Å². The Bertz CT molecular complexity index is 388. The lowest BCUT2D eigenvalue weighted by atomic mass is 10.1. The zero-order chi connectivity index (χ0) is 12.7. The zero-order valence-corrected chi connectivity index (χ0v) is 10.8. The van der Waals surface area contributed by atoms with Gasteiger partial charge in [0.2, 0.25) is 0 Å². The largest absolute Gasteiger partial charge is 0.461 e. The summed E-state index contributed by atoms with van der Waals surface area (Å²) in [6, 6.07) is 8.49. The monoisotopic (exact) mass is 232 g/mol. The fourth-order valence-electron chi connectivity index (χ4n) is 1.61. The van der Waals surface area contributed by atoms with Crippen LogP contribution in [0.25, 0.3) is 6.08 Å². The van der Waals surface area contributed by atoms with Gasteiger partial charge in [0, 0.05) is 6.92 Å². The first-order valence-corrected chi connectivity index (χ1v) is 6.01. The Balaban J connectivity index is 2.60. The second-order valence-corrected chi connectivity index (χ2v) is 4.26. The number of ether oxygens (including phenoxy) is 1. The van der Waals surface area contributed by atoms with Crippen molar-refractivity contribution in [3.63, 3.8) is 0 Å². The van der Waals surface area contributed by atoms with E-state index in [1.54, 1.807) is 0 Å². The highest BCUT2D eigenvalue weighted by atomic mass is 16.5. The third-order valence-corrected chi connectivity index (χ3v) is 2.43. The van der Waals surface area contributed by atoms with E-state index < -0.39 is 0 Å². The van der Waals surface area contributed by atoms with Crippen molar-refractivity contribution in [1.82, 2.24) is 0 Å². The average Bonchev–Trinajstić information content (AvgIpc) is 2.29. The van der Waals surface area contributed by atoms with Crippen molar-refractivity contribution in [3.8, 4) is 0 Å². The van der Waals surface area contributed by atoms with Crippen LogP contribution in [-0.4, -0.2) is 12.6 Å². The van der Waals surface area contributed by atoms with Gasteiger partial charge in [0.05, 0.1) is 0 Å². The summed E-state index contributed by atoms with van der Waals surface area (Å²) >= 11 is 0. The maximum absolute atomic E-state index is 10.7. The van der Waals surface area contributed by atoms with Gasteiger partial charge in [-0.2, -0.15) is 0 Å². The quantitative estimate of drug-likeness (QED) is 0.725. The average molecular weight is 232 g/mol. The van der Waals surface area contributed by atoms with E-state index in [9.17, 15) is 4.79 Å². The summed E-state index contributed by atoms with van der Waals surface area (Å²) in [5.41, 5.74) is 3.56. The summed E-state index contributed by atoms with van der Waals surface area (Å²) in [7, 11) is 0. The third-order valence-electron chi connectivity index (χ3n) is 2.43. The van der Waals surface area contributed by atoms with Crippen LogP contribution >= 0.6 is 0 Å². The number of benzene rings is 1. The van der Waals surface area contributed by atoms with Crippen LogP contribution in [0.15, 0.2) is 29.8 Å². The molecule has 0 N–H and O–H groups in total. The third kappa shape index (κ3) is 5.34. The van der Waals surface area contributed by atoms with Gasteiger partial charge < -0.3 is 4.74 Å². The van der Waals surface area contributed by atoms with Gasteiger partial charge in [-0.1, -0.05) is 43.7 Å². The molecule has 0 aliphatic rings. The molecule has 0 atom stereocenters. The van der Waals surface area contributed by atoms with Gasteiger partial charge in [0.15, 0.2) is 0 Å². The summed E-state index contributed by atoms with van der Waals surface area (Å²) in [4.78, 5) is 10.7. The van der Waals surface area contributed by atoms with Crippen molar-refractivity contribution < 1.29 is 9.53 Å². The Hall–Kier alpha value is -1.57. The van der Waals surface area contributed by atoms with Gasteiger partial charge in [-0.15, -0.1) is 0 Å². The summed E-state index contributed by atoms with van der Waals surface area (Å²) in [5, 5.41) is 0. The first-order chi connectivity index (χ1) is 8.11. The van der Waals surface area contributed by atoms with Gasteiger partial charge in [-0.3, -0.25) is 4.79 Å². The number of carbonyl (C=O) groups is 1. The highest BCUT2D eigenvalue weighted by molar-refractivity contribution is 5.66. The zero-order valence-electron chi connectivity index (χ0n) is 10.8. The Labute approximate surface area is 103 Å². The van der Waals surface area contributed by atoms with Gasteiger partial charge in [-0.25, -0.2) is 0 Å². The van der Waals surface area contributed by atoms with Crippen LogP contribution < -0.4 is 0 Å². The van der Waals surface area contributed by atoms with Crippen molar-refractivity contribution in [2.24, 2.45) is 0 Å². The molecule has 0 saturated heterocycles. The van der Waals surface area contributed by atoms with Crippen LogP contribution in [0.5, 0.6) is 0 Å². The smallest absolute Gasteiger partial charge is 0.302 e. The van der Waals surface area contributed by atoms with Crippen molar-refractivity contribution in [2.75, 3.05) is 6.61 Å². The number of aryl methyl sites for hydroxylation is 1. The molecule has 0 spiro atoms. The first-order valence-electron chi connectivity index (χ1n) is 6.01. The Kier molecular flexibility index (Phi) is 5.47. The Morgan fingerprint density at radius 2 is 1.88 bits per heavy atom. The van der Waals surface area contributed by atoms with Gasteiger partial charge in [0.25, 0.3) is 0 Å². The molecule has 17 heavy (non-hydrogen) atoms. The molecule has 1 aromatic carbocycles. The molecule has 0 aliphatic heterocycles. The highest BCUT2D eigenvalue weighted by Gasteiger charge is 1.96. The number of carbonyl (C=O) groups excluding carboxylic acids is 1. The van der Waals surface area contributed by atoms with Crippen molar-refractivity contribution in [2.45, 2.75) is 33.6 Å². The van der Waals surface area contributed by atoms with Gasteiger partial charge >= 0.3 is 5.97 Å². The minimum Gasteiger partial charge on any atom is -0.461 e. The Morgan fingerprint density at radius 1 is 1.24 bits per heavy atom. The number of hydrogen-bond acceptors (Lipinski definition) is 2. The van der Waals surface area contributed by atoms with E-state index in [4.69, 9.17) is 4.74 Å². The minimum absolute atomic E-state index is 0.240. The molecular weight excluding hydrogens is 212 g/mol. The van der Waals surface area contributed by atoms with E-state index in [1.165, 1.54) is 18.9 Å². The van der Waals surface area contributed by atoms with Crippen LogP contribution in [0.1, 0.15) is 38.3 Å². The molecule has 0 amide bonds. The van der Waals surface area contributed by atoms with Crippen molar-refractivity contribution in [3.05, 3.63) is 41.0 Å². The lowest BCUT2D eigenvalue weighted by Gasteiger charge is -2.03. The molecule has 1 rings (SSSR count). The lowest BCUT2D eigenvalue weighted by molar-refractivity contribution is -0.139. The summed E-state index contributed by atoms with van der Waals surface area (Å²) < 4.78 is 4.93. The fraction of sp³-hybridized carbons (Fsp3) is 0.400. The molecular formula is C15H20O2. The van der Waals surface area contributed by atoms with E-state index in [2.05, 4.69) is 31.2 Å². The number of rotatable bonds is 5. The summed E-state index contributed by atoms with van der Waals surface area (Å²) in [5.74, 6) is -0.240. The molecule has 0 aromatic heterocycles. The predicted molar refractivity (Wildman–Crippen MR) is 70.7 cm³/mol. The molecule has 0 aliphatic carbocycles. The summed E-state index contributed by atoms with van der Waals surface area (Å²) in [6.45, 7) is 5.93. The minimum atomic E-state index is -0.240. The lowest BCUT2D eigenvalue weighted by Crippen LogP contribution is -2.01. The molecule has 1 aromatic rings. The van der Waals surface area contributed by atoms with Gasteiger partial charge in [-0.05, 0) is 30.0 Å². The van der Waals surface area contributed by atoms with Crippen LogP contribution in [0.2, 0.25) is 0 Å². The first kappa shape index (κ1) is 13.5. The van der Waals surface area contributed by atoms with Crippen molar-refractivity contribution in [1.29, 1.82) is 0 Å². The van der Waals surface area contributed by atoms with E-state index >= 15 is 0 Å². The van der Waals surface area contributed by atoms with E-state index in [0.717, 1.165) is 17.6 Å². The van der Waals surface area contributed by atoms with Crippen molar-refractivity contribution >= 4 is 12.0 Å². The van der Waals surface area contributed by atoms with Crippen LogP contribution in [0.3, 0.4) is 0 Å². The summed E-state index contributed by atoms with van der Waals surface area (Å²) in [6.07, 6.45) is 4.33. The molecule has 0 saturated carbocycles. The molecule has 2 heteroatoms. The normalized spacial score (nSPS) is 11.4. The molecule has 0 unspecified atom stereocenters. The molecule has 92 valence electrons. The van der Waals surface area contributed by atoms with E-state index in [1.807, 2.05) is 13.0 Å². The number of esters is 1. The predicted octanol–water partition coefficient (Wildman–Crippen LogP) is 3.61. The highest BCUT2D eigenvalue weighted by Crippen LogP contribution is 2.10. The van der Waals surface area contributed by atoms with Crippen LogP contribution in [0, 0.1) is 0 Å². The molecule has 2 nitrogen and oxygen atoms in total. The topological polar surface area (TPSA) is 26.3 Å². The van der Waals surface area contributed by atoms with E-state index in [0.29, 0.717) is 6.61 Å². The second kappa shape index (κ2) is 6.89. The standard InChI is InChI=1S/C15H20O2/c1-4-5-14-6-8-15(9-7-14)10-12(2)11-17-13(3)16/h6-10H,4-5,11H2,1-3H3/b12-10+. The fourth-order valence-corrected chi connectivity index (χ4v) is 1.61. The second-order valence-electron chi connectivity index (χ2n) is 4.26.